The van der Waals surface area contributed by atoms with Crippen LogP contribution in [0.5, 0.6) is 0 Å². The van der Waals surface area contributed by atoms with Gasteiger partial charge in [-0.3, -0.25) is 0 Å². The van der Waals surface area contributed by atoms with Gasteiger partial charge in [-0.2, -0.15) is 0 Å². The Balaban J connectivity index is 1.64. The zero-order valence-corrected chi connectivity index (χ0v) is 9.44. The number of rotatable bonds is 2. The van der Waals surface area contributed by atoms with Gasteiger partial charge in [0, 0.05) is 0 Å². The first kappa shape index (κ1) is 9.89. The Hall–Kier alpha value is -0.300. The molecule has 3 rings (SSSR count). The van der Waals surface area contributed by atoms with E-state index < -0.39 is 0 Å². The summed E-state index contributed by atoms with van der Waals surface area (Å²) in [6.45, 7) is 0. The highest BCUT2D eigenvalue weighted by atomic mass is 16.3. The third-order valence-electron chi connectivity index (χ3n) is 4.90. The highest BCUT2D eigenvalue weighted by Crippen LogP contribution is 2.47. The number of allylic oxidation sites excluding steroid dienone is 2. The van der Waals surface area contributed by atoms with Gasteiger partial charge in [-0.15, -0.1) is 0 Å². The van der Waals surface area contributed by atoms with Crippen LogP contribution < -0.4 is 0 Å². The van der Waals surface area contributed by atoms with Gasteiger partial charge in [0.2, 0.25) is 0 Å². The molecule has 0 aliphatic heterocycles. The average molecular weight is 206 g/mol. The fourth-order valence-corrected chi connectivity index (χ4v) is 4.04. The molecule has 3 aliphatic rings. The molecular formula is C14H22O. The molecule has 0 aromatic carbocycles. The van der Waals surface area contributed by atoms with Crippen LogP contribution in [0.2, 0.25) is 0 Å². The molecule has 4 atom stereocenters. The summed E-state index contributed by atoms with van der Waals surface area (Å²) in [5.74, 6) is 2.74. The van der Waals surface area contributed by atoms with Crippen molar-refractivity contribution in [2.75, 3.05) is 0 Å². The van der Waals surface area contributed by atoms with Gasteiger partial charge in [0.25, 0.3) is 0 Å². The molecule has 1 heteroatoms. The molecule has 0 aromatic heterocycles. The monoisotopic (exact) mass is 206 g/mol. The van der Waals surface area contributed by atoms with Crippen molar-refractivity contribution in [3.8, 4) is 0 Å². The van der Waals surface area contributed by atoms with Gasteiger partial charge in [0.15, 0.2) is 0 Å². The van der Waals surface area contributed by atoms with E-state index in [0.29, 0.717) is 17.8 Å². The molecule has 0 aromatic rings. The van der Waals surface area contributed by atoms with E-state index in [1.54, 1.807) is 0 Å². The van der Waals surface area contributed by atoms with Crippen molar-refractivity contribution in [1.82, 2.24) is 0 Å². The second kappa shape index (κ2) is 3.93. The zero-order chi connectivity index (χ0) is 10.3. The van der Waals surface area contributed by atoms with Crippen LogP contribution in [0, 0.1) is 23.7 Å². The minimum Gasteiger partial charge on any atom is -0.393 e. The van der Waals surface area contributed by atoms with Gasteiger partial charge < -0.3 is 5.11 Å². The van der Waals surface area contributed by atoms with Crippen molar-refractivity contribution in [1.29, 1.82) is 0 Å². The van der Waals surface area contributed by atoms with E-state index in [0.717, 1.165) is 5.92 Å². The largest absolute Gasteiger partial charge is 0.393 e. The van der Waals surface area contributed by atoms with Crippen molar-refractivity contribution in [2.45, 2.75) is 51.0 Å². The molecule has 3 aliphatic carbocycles. The second-order valence-electron chi connectivity index (χ2n) is 5.83. The molecule has 15 heavy (non-hydrogen) atoms. The van der Waals surface area contributed by atoms with Crippen LogP contribution in [0.4, 0.5) is 0 Å². The average Bonchev–Trinajstić information content (AvgIpc) is 2.91. The Bertz CT molecular complexity index is 252. The minimum absolute atomic E-state index is 0.00486. The summed E-state index contributed by atoms with van der Waals surface area (Å²) in [6, 6.07) is 0. The molecule has 2 fully saturated rings. The van der Waals surface area contributed by atoms with Gasteiger partial charge >= 0.3 is 0 Å². The molecule has 1 N–H and O–H groups in total. The van der Waals surface area contributed by atoms with Gasteiger partial charge in [-0.25, -0.2) is 0 Å². The van der Waals surface area contributed by atoms with E-state index >= 15 is 0 Å². The summed E-state index contributed by atoms with van der Waals surface area (Å²) in [5.41, 5.74) is 0. The zero-order valence-electron chi connectivity index (χ0n) is 9.44. The first-order chi connectivity index (χ1) is 7.34. The summed E-state index contributed by atoms with van der Waals surface area (Å²) in [6.07, 6.45) is 14.0. The number of aliphatic hydroxyl groups excluding tert-OH is 1. The molecule has 0 amide bonds. The van der Waals surface area contributed by atoms with Crippen molar-refractivity contribution < 1.29 is 5.11 Å². The van der Waals surface area contributed by atoms with E-state index in [1.807, 2.05) is 0 Å². The fraction of sp³-hybridized carbons (Fsp3) is 0.857. The molecular weight excluding hydrogens is 184 g/mol. The summed E-state index contributed by atoms with van der Waals surface area (Å²) in [4.78, 5) is 0. The Kier molecular flexibility index (Phi) is 2.59. The molecule has 2 bridgehead atoms. The normalized spacial score (nSPS) is 42.3. The Morgan fingerprint density at radius 3 is 2.40 bits per heavy atom. The van der Waals surface area contributed by atoms with Crippen LogP contribution in [0.3, 0.4) is 0 Å². The topological polar surface area (TPSA) is 20.2 Å². The maximum Gasteiger partial charge on any atom is 0.0602 e. The Labute approximate surface area is 92.6 Å². The number of hydrogen-bond acceptors (Lipinski definition) is 1. The fourth-order valence-electron chi connectivity index (χ4n) is 4.04. The maximum absolute atomic E-state index is 10.5. The lowest BCUT2D eigenvalue weighted by Crippen LogP contribution is -2.32. The van der Waals surface area contributed by atoms with Crippen molar-refractivity contribution in [3.63, 3.8) is 0 Å². The summed E-state index contributed by atoms with van der Waals surface area (Å²) in [7, 11) is 0. The predicted molar refractivity (Wildman–Crippen MR) is 61.4 cm³/mol. The smallest absolute Gasteiger partial charge is 0.0602 e. The highest BCUT2D eigenvalue weighted by Gasteiger charge is 2.41. The maximum atomic E-state index is 10.5. The van der Waals surface area contributed by atoms with E-state index in [1.165, 1.54) is 44.9 Å². The molecule has 4 unspecified atom stereocenters. The van der Waals surface area contributed by atoms with E-state index in [4.69, 9.17) is 0 Å². The van der Waals surface area contributed by atoms with Crippen molar-refractivity contribution in [2.24, 2.45) is 23.7 Å². The van der Waals surface area contributed by atoms with E-state index in [9.17, 15) is 5.11 Å². The van der Waals surface area contributed by atoms with Crippen LogP contribution in [0.25, 0.3) is 0 Å². The lowest BCUT2D eigenvalue weighted by molar-refractivity contribution is 0.0233. The molecule has 0 spiro atoms. The standard InChI is InChI=1S/C14H22O/c15-14(11-4-2-1-3-5-11)13-9-10-6-7-12(13)8-10/h6-7,10-15H,1-5,8-9H2. The first-order valence-electron chi connectivity index (χ1n) is 6.71. The molecule has 84 valence electrons. The molecule has 0 saturated heterocycles. The number of fused-ring (bicyclic) bond motifs is 2. The summed E-state index contributed by atoms with van der Waals surface area (Å²) < 4.78 is 0. The van der Waals surface area contributed by atoms with Crippen LogP contribution in [-0.2, 0) is 0 Å². The third-order valence-corrected chi connectivity index (χ3v) is 4.90. The van der Waals surface area contributed by atoms with Crippen LogP contribution in [-0.4, -0.2) is 11.2 Å². The number of aliphatic hydroxyl groups is 1. The van der Waals surface area contributed by atoms with Gasteiger partial charge in [-0.05, 0) is 49.4 Å². The lowest BCUT2D eigenvalue weighted by Gasteiger charge is -2.33. The minimum atomic E-state index is 0.00486. The van der Waals surface area contributed by atoms with Gasteiger partial charge in [0.1, 0.15) is 0 Å². The first-order valence-corrected chi connectivity index (χ1v) is 6.71. The van der Waals surface area contributed by atoms with Crippen molar-refractivity contribution in [3.05, 3.63) is 12.2 Å². The third kappa shape index (κ3) is 1.75. The van der Waals surface area contributed by atoms with E-state index in [2.05, 4.69) is 12.2 Å². The summed E-state index contributed by atoms with van der Waals surface area (Å²) in [5, 5.41) is 10.5. The van der Waals surface area contributed by atoms with Crippen LogP contribution in [0.1, 0.15) is 44.9 Å². The van der Waals surface area contributed by atoms with E-state index in [-0.39, 0.29) is 6.10 Å². The predicted octanol–water partition coefficient (Wildman–Crippen LogP) is 3.14. The highest BCUT2D eigenvalue weighted by molar-refractivity contribution is 5.11. The van der Waals surface area contributed by atoms with Gasteiger partial charge in [-0.1, -0.05) is 31.4 Å². The molecule has 0 heterocycles. The SMILES string of the molecule is OC(C1CCCCC1)C1CC2C=CC1C2. The van der Waals surface area contributed by atoms with Crippen molar-refractivity contribution >= 4 is 0 Å². The molecule has 0 radical (unpaired) electrons. The summed E-state index contributed by atoms with van der Waals surface area (Å²) >= 11 is 0. The quantitative estimate of drug-likeness (QED) is 0.688. The van der Waals surface area contributed by atoms with Crippen LogP contribution >= 0.6 is 0 Å². The second-order valence-corrected chi connectivity index (χ2v) is 5.83. The van der Waals surface area contributed by atoms with Gasteiger partial charge in [0.05, 0.1) is 6.10 Å². The number of hydrogen-bond donors (Lipinski definition) is 1. The molecule has 1 nitrogen and oxygen atoms in total. The van der Waals surface area contributed by atoms with Crippen LogP contribution in [0.15, 0.2) is 12.2 Å². The Morgan fingerprint density at radius 1 is 1.00 bits per heavy atom. The lowest BCUT2D eigenvalue weighted by atomic mass is 9.76. The Morgan fingerprint density at radius 2 is 1.80 bits per heavy atom. The molecule has 2 saturated carbocycles.